The van der Waals surface area contributed by atoms with Gasteiger partial charge in [0.05, 0.1) is 5.39 Å². The molecule has 0 aliphatic heterocycles. The van der Waals surface area contributed by atoms with Crippen LogP contribution < -0.4 is 15.8 Å². The van der Waals surface area contributed by atoms with E-state index in [9.17, 15) is 4.79 Å². The first kappa shape index (κ1) is 16.7. The van der Waals surface area contributed by atoms with Gasteiger partial charge in [-0.15, -0.1) is 0 Å². The van der Waals surface area contributed by atoms with Crippen LogP contribution in [-0.2, 0) is 0 Å². The van der Waals surface area contributed by atoms with Gasteiger partial charge in [0.1, 0.15) is 17.9 Å². The first-order valence-electron chi connectivity index (χ1n) is 7.72. The second-order valence-corrected chi connectivity index (χ2v) is 5.76. The molecule has 1 aromatic carbocycles. The number of likely N-dealkylation sites (N-methyl/N-ethyl adjacent to an activating group) is 1. The van der Waals surface area contributed by atoms with Crippen molar-refractivity contribution in [1.82, 2.24) is 15.0 Å². The van der Waals surface area contributed by atoms with Crippen molar-refractivity contribution in [2.75, 3.05) is 38.3 Å². The topological polar surface area (TPSA) is 107 Å². The molecule has 0 aliphatic rings. The number of carbonyl (C=O) groups is 1. The zero-order chi connectivity index (χ0) is 17.8. The lowest BCUT2D eigenvalue weighted by Crippen LogP contribution is -2.21. The van der Waals surface area contributed by atoms with Crippen LogP contribution in [0.2, 0.25) is 0 Å². The lowest BCUT2D eigenvalue weighted by atomic mass is 10.2. The standard InChI is InChI=1S/C17H19N5O3/c1-22(2)7-8-24-14-5-6-19-10-13(14)17(23)20-16-12-9-11(18)3-4-15(12)25-21-16/h3-6,9-10H,7-8,18H2,1-2H3,(H,20,21,23). The predicted octanol–water partition coefficient (Wildman–Crippen LogP) is 2.00. The third kappa shape index (κ3) is 3.86. The summed E-state index contributed by atoms with van der Waals surface area (Å²) in [5.41, 5.74) is 7.20. The molecule has 3 aromatic rings. The van der Waals surface area contributed by atoms with Gasteiger partial charge in [0.15, 0.2) is 11.4 Å². The second-order valence-electron chi connectivity index (χ2n) is 5.76. The fourth-order valence-corrected chi connectivity index (χ4v) is 2.24. The summed E-state index contributed by atoms with van der Waals surface area (Å²) in [6, 6.07) is 6.76. The fraction of sp³-hybridized carbons (Fsp3) is 0.235. The molecule has 0 bridgehead atoms. The van der Waals surface area contributed by atoms with Crippen LogP contribution in [-0.4, -0.2) is 48.2 Å². The molecular formula is C17H19N5O3. The van der Waals surface area contributed by atoms with Gasteiger partial charge in [-0.1, -0.05) is 5.16 Å². The molecule has 0 atom stereocenters. The average molecular weight is 341 g/mol. The van der Waals surface area contributed by atoms with Gasteiger partial charge in [0.25, 0.3) is 5.91 Å². The van der Waals surface area contributed by atoms with Crippen LogP contribution in [0.5, 0.6) is 5.75 Å². The van der Waals surface area contributed by atoms with Gasteiger partial charge in [0.2, 0.25) is 0 Å². The Balaban J connectivity index is 1.80. The minimum Gasteiger partial charge on any atom is -0.491 e. The van der Waals surface area contributed by atoms with E-state index in [1.165, 1.54) is 6.20 Å². The number of pyridine rings is 1. The Morgan fingerprint density at radius 3 is 3.00 bits per heavy atom. The Bertz CT molecular complexity index is 891. The molecule has 0 aliphatic carbocycles. The summed E-state index contributed by atoms with van der Waals surface area (Å²) in [7, 11) is 3.90. The molecular weight excluding hydrogens is 322 g/mol. The molecule has 130 valence electrons. The monoisotopic (exact) mass is 341 g/mol. The lowest BCUT2D eigenvalue weighted by Gasteiger charge is -2.13. The van der Waals surface area contributed by atoms with Crippen LogP contribution in [0.15, 0.2) is 41.2 Å². The number of aromatic nitrogens is 2. The number of hydrogen-bond donors (Lipinski definition) is 2. The van der Waals surface area contributed by atoms with E-state index in [2.05, 4.69) is 15.5 Å². The van der Waals surface area contributed by atoms with Gasteiger partial charge in [-0.05, 0) is 38.4 Å². The summed E-state index contributed by atoms with van der Waals surface area (Å²) in [5.74, 6) is 0.377. The van der Waals surface area contributed by atoms with Crippen LogP contribution in [0.25, 0.3) is 11.0 Å². The summed E-state index contributed by atoms with van der Waals surface area (Å²) in [4.78, 5) is 18.6. The summed E-state index contributed by atoms with van der Waals surface area (Å²) in [6.45, 7) is 1.19. The lowest BCUT2D eigenvalue weighted by molar-refractivity contribution is 0.102. The second kappa shape index (κ2) is 7.18. The summed E-state index contributed by atoms with van der Waals surface area (Å²) in [5, 5.41) is 7.24. The van der Waals surface area contributed by atoms with Crippen LogP contribution in [0, 0.1) is 0 Å². The van der Waals surface area contributed by atoms with Crippen molar-refractivity contribution in [3.63, 3.8) is 0 Å². The first-order valence-corrected chi connectivity index (χ1v) is 7.72. The molecule has 25 heavy (non-hydrogen) atoms. The maximum atomic E-state index is 12.6. The molecule has 1 amide bonds. The number of nitrogens with two attached hydrogens (primary N) is 1. The smallest absolute Gasteiger partial charge is 0.262 e. The maximum Gasteiger partial charge on any atom is 0.262 e. The van der Waals surface area contributed by atoms with Crippen LogP contribution in [0.3, 0.4) is 0 Å². The van der Waals surface area contributed by atoms with Crippen molar-refractivity contribution in [3.8, 4) is 5.75 Å². The Morgan fingerprint density at radius 1 is 1.36 bits per heavy atom. The average Bonchev–Trinajstić information content (AvgIpc) is 2.97. The predicted molar refractivity (Wildman–Crippen MR) is 94.7 cm³/mol. The van der Waals surface area contributed by atoms with E-state index in [0.717, 1.165) is 6.54 Å². The summed E-state index contributed by atoms with van der Waals surface area (Å²) < 4.78 is 10.9. The van der Waals surface area contributed by atoms with Crippen LogP contribution in [0.4, 0.5) is 11.5 Å². The van der Waals surface area contributed by atoms with E-state index < -0.39 is 0 Å². The number of carbonyl (C=O) groups excluding carboxylic acids is 1. The highest BCUT2D eigenvalue weighted by molar-refractivity contribution is 6.09. The van der Waals surface area contributed by atoms with E-state index in [4.69, 9.17) is 15.0 Å². The van der Waals surface area contributed by atoms with Gasteiger partial charge in [-0.25, -0.2) is 0 Å². The van der Waals surface area contributed by atoms with Gasteiger partial charge < -0.3 is 25.2 Å². The molecule has 0 spiro atoms. The third-order valence-electron chi connectivity index (χ3n) is 3.55. The summed E-state index contributed by atoms with van der Waals surface area (Å²) in [6.07, 6.45) is 3.03. The number of ether oxygens (including phenoxy) is 1. The molecule has 0 unspecified atom stereocenters. The van der Waals surface area contributed by atoms with Crippen molar-refractivity contribution in [2.45, 2.75) is 0 Å². The Morgan fingerprint density at radius 2 is 2.20 bits per heavy atom. The van der Waals surface area contributed by atoms with E-state index in [1.807, 2.05) is 19.0 Å². The van der Waals surface area contributed by atoms with E-state index in [-0.39, 0.29) is 5.91 Å². The number of hydrogen-bond acceptors (Lipinski definition) is 7. The molecule has 0 saturated carbocycles. The number of nitrogen functional groups attached to an aromatic ring is 1. The minimum absolute atomic E-state index is 0.301. The van der Waals surface area contributed by atoms with Gasteiger partial charge in [-0.2, -0.15) is 0 Å². The zero-order valence-electron chi connectivity index (χ0n) is 14.0. The van der Waals surface area contributed by atoms with Crippen molar-refractivity contribution in [1.29, 1.82) is 0 Å². The van der Waals surface area contributed by atoms with E-state index >= 15 is 0 Å². The van der Waals surface area contributed by atoms with Gasteiger partial charge in [-0.3, -0.25) is 9.78 Å². The van der Waals surface area contributed by atoms with Crippen molar-refractivity contribution in [3.05, 3.63) is 42.2 Å². The molecule has 3 N–H and O–H groups in total. The zero-order valence-corrected chi connectivity index (χ0v) is 14.0. The van der Waals surface area contributed by atoms with Gasteiger partial charge in [0, 0.05) is 24.6 Å². The van der Waals surface area contributed by atoms with E-state index in [0.29, 0.717) is 40.4 Å². The van der Waals surface area contributed by atoms with Crippen molar-refractivity contribution >= 4 is 28.4 Å². The highest BCUT2D eigenvalue weighted by atomic mass is 16.5. The molecule has 8 heteroatoms. The van der Waals surface area contributed by atoms with E-state index in [1.54, 1.807) is 30.5 Å². The molecule has 0 fully saturated rings. The van der Waals surface area contributed by atoms with Crippen molar-refractivity contribution < 1.29 is 14.1 Å². The van der Waals surface area contributed by atoms with Crippen LogP contribution in [0.1, 0.15) is 10.4 Å². The highest BCUT2D eigenvalue weighted by Gasteiger charge is 2.17. The van der Waals surface area contributed by atoms with Crippen molar-refractivity contribution in [2.24, 2.45) is 0 Å². The Labute approximate surface area is 144 Å². The third-order valence-corrected chi connectivity index (χ3v) is 3.55. The van der Waals surface area contributed by atoms with Gasteiger partial charge >= 0.3 is 0 Å². The number of benzene rings is 1. The molecule has 3 rings (SSSR count). The first-order chi connectivity index (χ1) is 12.0. The minimum atomic E-state index is -0.384. The highest BCUT2D eigenvalue weighted by Crippen LogP contribution is 2.26. The Hall–Kier alpha value is -3.13. The normalized spacial score (nSPS) is 11.0. The number of rotatable bonds is 6. The molecule has 2 aromatic heterocycles. The number of fused-ring (bicyclic) bond motifs is 1. The molecule has 0 saturated heterocycles. The number of nitrogens with zero attached hydrogens (tertiary/aromatic N) is 3. The number of nitrogens with one attached hydrogen (secondary N) is 1. The largest absolute Gasteiger partial charge is 0.491 e. The fourth-order valence-electron chi connectivity index (χ4n) is 2.24. The summed E-state index contributed by atoms with van der Waals surface area (Å²) >= 11 is 0. The number of anilines is 2. The maximum absolute atomic E-state index is 12.6. The SMILES string of the molecule is CN(C)CCOc1ccncc1C(=O)Nc1noc2ccc(N)cc12. The van der Waals surface area contributed by atoms with Crippen LogP contribution >= 0.6 is 0 Å². The number of amides is 1. The molecule has 0 radical (unpaired) electrons. The molecule has 2 heterocycles. The Kier molecular flexibility index (Phi) is 4.80. The quantitative estimate of drug-likeness (QED) is 0.660. The molecule has 8 nitrogen and oxygen atoms in total.